The Labute approximate surface area is 148 Å². The number of rotatable bonds is 3. The van der Waals surface area contributed by atoms with Crippen LogP contribution in [0.1, 0.15) is 10.4 Å². The highest BCUT2D eigenvalue weighted by Crippen LogP contribution is 2.29. The molecule has 3 heterocycles. The molecule has 0 amide bonds. The summed E-state index contributed by atoms with van der Waals surface area (Å²) in [5.74, 6) is -0.289. The number of aldehydes is 1. The minimum atomic E-state index is -0.518. The molecule has 0 unspecified atom stereocenters. The van der Waals surface area contributed by atoms with Crippen molar-refractivity contribution in [1.29, 1.82) is 0 Å². The Hall–Kier alpha value is -2.45. The largest absolute Gasteiger partial charge is 0.439 e. The lowest BCUT2D eigenvalue weighted by Gasteiger charge is -2.30. The van der Waals surface area contributed by atoms with Crippen molar-refractivity contribution in [3.63, 3.8) is 0 Å². The molecule has 2 fully saturated rings. The lowest BCUT2D eigenvalue weighted by molar-refractivity contribution is 0.111. The van der Waals surface area contributed by atoms with Gasteiger partial charge in [-0.05, 0) is 6.07 Å². The molecule has 1 aromatic heterocycles. The zero-order valence-electron chi connectivity index (χ0n) is 14.2. The number of halogens is 1. The Balaban J connectivity index is 1.85. The second kappa shape index (κ2) is 7.05. The fourth-order valence-electron chi connectivity index (χ4n) is 3.36. The predicted molar refractivity (Wildman–Crippen MR) is 93.9 cm³/mol. The highest BCUT2D eigenvalue weighted by Gasteiger charge is 2.24. The van der Waals surface area contributed by atoms with E-state index in [0.717, 1.165) is 6.07 Å². The van der Waals surface area contributed by atoms with Gasteiger partial charge in [-0.1, -0.05) is 0 Å². The van der Waals surface area contributed by atoms with Gasteiger partial charge in [0.1, 0.15) is 17.0 Å². The van der Waals surface area contributed by atoms with E-state index in [2.05, 4.69) is 0 Å². The molecule has 0 spiro atoms. The van der Waals surface area contributed by atoms with E-state index in [1.165, 1.54) is 6.07 Å². The molecule has 7 nitrogen and oxygen atoms in total. The summed E-state index contributed by atoms with van der Waals surface area (Å²) in [5.41, 5.74) is 0.0359. The Bertz CT molecular complexity index is 885. The van der Waals surface area contributed by atoms with Crippen LogP contribution in [0.25, 0.3) is 11.0 Å². The van der Waals surface area contributed by atoms with Gasteiger partial charge in [-0.15, -0.1) is 0 Å². The maximum absolute atomic E-state index is 14.6. The summed E-state index contributed by atoms with van der Waals surface area (Å²) >= 11 is 0. The summed E-state index contributed by atoms with van der Waals surface area (Å²) in [5, 5.41) is 0.0682. The van der Waals surface area contributed by atoms with Gasteiger partial charge in [-0.2, -0.15) is 0 Å². The van der Waals surface area contributed by atoms with E-state index in [-0.39, 0.29) is 22.4 Å². The molecular weight excluding hydrogens is 343 g/mol. The van der Waals surface area contributed by atoms with Crippen LogP contribution in [0.3, 0.4) is 0 Å². The molecule has 2 saturated heterocycles. The molecule has 2 aliphatic heterocycles. The first-order chi connectivity index (χ1) is 12.7. The Morgan fingerprint density at radius 3 is 2.19 bits per heavy atom. The van der Waals surface area contributed by atoms with Gasteiger partial charge in [-0.3, -0.25) is 9.59 Å². The quantitative estimate of drug-likeness (QED) is 0.765. The van der Waals surface area contributed by atoms with Crippen LogP contribution in [0.5, 0.6) is 0 Å². The lowest BCUT2D eigenvalue weighted by Crippen LogP contribution is -2.38. The minimum absolute atomic E-state index is 0.0682. The first-order valence-electron chi connectivity index (χ1n) is 8.60. The molecule has 138 valence electrons. The van der Waals surface area contributed by atoms with E-state index < -0.39 is 11.2 Å². The van der Waals surface area contributed by atoms with Crippen molar-refractivity contribution in [2.45, 2.75) is 0 Å². The van der Waals surface area contributed by atoms with Crippen LogP contribution in [-0.2, 0) is 9.47 Å². The molecule has 0 atom stereocenters. The molecule has 0 N–H and O–H groups in total. The van der Waals surface area contributed by atoms with Gasteiger partial charge in [0.15, 0.2) is 6.29 Å². The van der Waals surface area contributed by atoms with Crippen LogP contribution in [0.4, 0.5) is 16.0 Å². The number of anilines is 2. The van der Waals surface area contributed by atoms with E-state index in [4.69, 9.17) is 13.9 Å². The number of carbonyl (C=O) groups excluding carboxylic acids is 1. The first-order valence-corrected chi connectivity index (χ1v) is 8.60. The maximum atomic E-state index is 14.6. The van der Waals surface area contributed by atoms with E-state index in [9.17, 15) is 14.0 Å². The van der Waals surface area contributed by atoms with E-state index in [1.807, 2.05) is 9.80 Å². The number of morpholine rings is 2. The Kier molecular flexibility index (Phi) is 4.60. The highest BCUT2D eigenvalue weighted by atomic mass is 19.1. The topological polar surface area (TPSA) is 72.2 Å². The van der Waals surface area contributed by atoms with Crippen molar-refractivity contribution in [3.8, 4) is 0 Å². The number of nitrogens with zero attached hydrogens (tertiary/aromatic N) is 2. The molecular formula is C18H19FN2O5. The molecule has 2 aliphatic rings. The molecule has 0 saturated carbocycles. The van der Waals surface area contributed by atoms with Gasteiger partial charge in [0.25, 0.3) is 0 Å². The molecule has 2 aromatic rings. The molecule has 0 radical (unpaired) electrons. The summed E-state index contributed by atoms with van der Waals surface area (Å²) < 4.78 is 31.1. The van der Waals surface area contributed by atoms with Crippen LogP contribution in [-0.4, -0.2) is 58.9 Å². The standard InChI is InChI=1S/C18H19FN2O5/c19-14-9-12-16(10-15(14)20-1-5-24-6-2-20)26-18(13(11-22)17(12)23)21-3-7-25-8-4-21/h9-11H,1-8H2. The second-order valence-corrected chi connectivity index (χ2v) is 6.27. The van der Waals surface area contributed by atoms with E-state index in [0.29, 0.717) is 64.6 Å². The fourth-order valence-corrected chi connectivity index (χ4v) is 3.36. The molecule has 4 rings (SSSR count). The number of carbonyl (C=O) groups is 1. The smallest absolute Gasteiger partial charge is 0.210 e. The maximum Gasteiger partial charge on any atom is 0.210 e. The van der Waals surface area contributed by atoms with E-state index in [1.54, 1.807) is 0 Å². The molecule has 0 aliphatic carbocycles. The molecule has 1 aromatic carbocycles. The Morgan fingerprint density at radius 1 is 0.962 bits per heavy atom. The zero-order chi connectivity index (χ0) is 18.1. The van der Waals surface area contributed by atoms with Crippen LogP contribution >= 0.6 is 0 Å². The Morgan fingerprint density at radius 2 is 1.58 bits per heavy atom. The van der Waals surface area contributed by atoms with E-state index >= 15 is 0 Å². The van der Waals surface area contributed by atoms with Gasteiger partial charge in [0, 0.05) is 32.2 Å². The molecule has 26 heavy (non-hydrogen) atoms. The summed E-state index contributed by atoms with van der Waals surface area (Å²) in [6.45, 7) is 4.18. The van der Waals surface area contributed by atoms with Gasteiger partial charge in [-0.25, -0.2) is 4.39 Å². The monoisotopic (exact) mass is 362 g/mol. The molecule has 8 heteroatoms. The van der Waals surface area contributed by atoms with Gasteiger partial charge < -0.3 is 23.7 Å². The van der Waals surface area contributed by atoms with Gasteiger partial charge in [0.05, 0.1) is 37.5 Å². The number of hydrogen-bond acceptors (Lipinski definition) is 7. The normalized spacial score (nSPS) is 18.3. The number of ether oxygens (including phenoxy) is 2. The van der Waals surface area contributed by atoms with Gasteiger partial charge in [0.2, 0.25) is 11.3 Å². The van der Waals surface area contributed by atoms with Gasteiger partial charge >= 0.3 is 0 Å². The summed E-state index contributed by atoms with van der Waals surface area (Å²) in [7, 11) is 0. The van der Waals surface area contributed by atoms with Crippen molar-refractivity contribution >= 4 is 28.8 Å². The summed E-state index contributed by atoms with van der Waals surface area (Å²) in [4.78, 5) is 27.9. The lowest BCUT2D eigenvalue weighted by atomic mass is 10.1. The van der Waals surface area contributed by atoms with Crippen molar-refractivity contribution in [2.24, 2.45) is 0 Å². The van der Waals surface area contributed by atoms with Crippen molar-refractivity contribution in [2.75, 3.05) is 62.4 Å². The van der Waals surface area contributed by atoms with Crippen LogP contribution in [0.15, 0.2) is 21.3 Å². The SMILES string of the molecule is O=Cc1c(N2CCOCC2)oc2cc(N3CCOCC3)c(F)cc2c1=O. The third kappa shape index (κ3) is 2.95. The number of fused-ring (bicyclic) bond motifs is 1. The van der Waals surface area contributed by atoms with Crippen LogP contribution in [0, 0.1) is 5.82 Å². The number of benzene rings is 1. The van der Waals surface area contributed by atoms with Crippen LogP contribution in [0.2, 0.25) is 0 Å². The third-order valence-corrected chi connectivity index (χ3v) is 4.74. The first kappa shape index (κ1) is 17.0. The highest BCUT2D eigenvalue weighted by molar-refractivity contribution is 5.91. The predicted octanol–water partition coefficient (Wildman–Crippen LogP) is 1.42. The average Bonchev–Trinajstić information content (AvgIpc) is 2.69. The van der Waals surface area contributed by atoms with Crippen molar-refractivity contribution in [1.82, 2.24) is 0 Å². The van der Waals surface area contributed by atoms with Crippen molar-refractivity contribution < 1.29 is 23.1 Å². The second-order valence-electron chi connectivity index (χ2n) is 6.27. The van der Waals surface area contributed by atoms with Crippen LogP contribution < -0.4 is 15.2 Å². The molecule has 0 bridgehead atoms. The third-order valence-electron chi connectivity index (χ3n) is 4.74. The number of hydrogen-bond donors (Lipinski definition) is 0. The average molecular weight is 362 g/mol. The minimum Gasteiger partial charge on any atom is -0.439 e. The fraction of sp³-hybridized carbons (Fsp3) is 0.444. The summed E-state index contributed by atoms with van der Waals surface area (Å²) in [6.07, 6.45) is 0.476. The zero-order valence-corrected chi connectivity index (χ0v) is 14.2. The van der Waals surface area contributed by atoms with Crippen molar-refractivity contribution in [3.05, 3.63) is 33.7 Å². The summed E-state index contributed by atoms with van der Waals surface area (Å²) in [6, 6.07) is 2.69.